The van der Waals surface area contributed by atoms with Crippen molar-refractivity contribution in [3.63, 3.8) is 0 Å². The van der Waals surface area contributed by atoms with Crippen molar-refractivity contribution in [2.75, 3.05) is 5.32 Å². The summed E-state index contributed by atoms with van der Waals surface area (Å²) in [5, 5.41) is 14.7. The van der Waals surface area contributed by atoms with Gasteiger partial charge >= 0.3 is 5.97 Å². The maximum atomic E-state index is 13.4. The number of nitrogens with zero attached hydrogens (tertiary/aromatic N) is 4. The van der Waals surface area contributed by atoms with Crippen molar-refractivity contribution >= 4 is 11.9 Å². The number of benzene rings is 1. The first-order chi connectivity index (χ1) is 12.6. The second kappa shape index (κ2) is 6.86. The predicted molar refractivity (Wildman–Crippen MR) is 91.6 cm³/mol. The highest BCUT2D eigenvalue weighted by Gasteiger charge is 2.36. The molecule has 136 valence electrons. The second-order valence-electron chi connectivity index (χ2n) is 6.73. The van der Waals surface area contributed by atoms with E-state index in [0.717, 1.165) is 31.2 Å². The average Bonchev–Trinajstić information content (AvgIpc) is 3.10. The Labute approximate surface area is 150 Å². The van der Waals surface area contributed by atoms with E-state index in [1.807, 2.05) is 0 Å². The predicted octanol–water partition coefficient (Wildman–Crippen LogP) is 2.98. The third kappa shape index (κ3) is 3.07. The number of fused-ring (bicyclic) bond motifs is 1. The van der Waals surface area contributed by atoms with Gasteiger partial charge in [-0.1, -0.05) is 23.7 Å². The first-order valence-corrected chi connectivity index (χ1v) is 8.85. The van der Waals surface area contributed by atoms with Gasteiger partial charge in [-0.25, -0.2) is 9.18 Å². The monoisotopic (exact) mass is 357 g/mol. The number of hydrogen-bond acceptors (Lipinski definition) is 6. The first-order valence-electron chi connectivity index (χ1n) is 8.85. The van der Waals surface area contributed by atoms with Crippen molar-refractivity contribution in [1.82, 2.24) is 20.2 Å². The molecule has 1 aromatic carbocycles. The quantitative estimate of drug-likeness (QED) is 0.851. The van der Waals surface area contributed by atoms with Crippen molar-refractivity contribution in [2.24, 2.45) is 0 Å². The van der Waals surface area contributed by atoms with Gasteiger partial charge in [0.1, 0.15) is 18.0 Å². The van der Waals surface area contributed by atoms with Gasteiger partial charge in [-0.3, -0.25) is 0 Å². The molecule has 2 heterocycles. The van der Waals surface area contributed by atoms with Crippen molar-refractivity contribution in [3.05, 3.63) is 46.9 Å². The normalized spacial score (nSPS) is 20.5. The fourth-order valence-electron chi connectivity index (χ4n) is 3.63. The number of allylic oxidation sites excluding steroid dienone is 1. The second-order valence-corrected chi connectivity index (χ2v) is 6.73. The van der Waals surface area contributed by atoms with E-state index in [-0.39, 0.29) is 17.9 Å². The molecule has 2 aliphatic rings. The van der Waals surface area contributed by atoms with Gasteiger partial charge in [-0.2, -0.15) is 4.68 Å². The number of carbonyl (C=O) groups is 1. The molecule has 8 heteroatoms. The Bertz CT molecular complexity index is 840. The summed E-state index contributed by atoms with van der Waals surface area (Å²) in [6.07, 6.45) is 5.06. The molecule has 1 aromatic heterocycles. The van der Waals surface area contributed by atoms with Gasteiger partial charge in [0, 0.05) is 5.70 Å². The number of hydrogen-bond donors (Lipinski definition) is 1. The molecule has 0 bridgehead atoms. The summed E-state index contributed by atoms with van der Waals surface area (Å²) in [6.45, 7) is 1.80. The molecule has 0 radical (unpaired) electrons. The van der Waals surface area contributed by atoms with Crippen molar-refractivity contribution in [2.45, 2.75) is 51.2 Å². The lowest BCUT2D eigenvalue weighted by molar-refractivity contribution is -0.146. The van der Waals surface area contributed by atoms with Crippen LogP contribution in [0.1, 0.15) is 50.6 Å². The third-order valence-corrected chi connectivity index (χ3v) is 4.95. The standard InChI is InChI=1S/C18H20FN5O2/c1-11-15(17(25)26-14-5-3-2-4-6-14)16(12-7-9-13(19)10-8-12)24-18(20-11)21-22-23-24/h7-10,14,16H,2-6H2,1H3,(H,20,21,23)/t16-/m1/s1. The van der Waals surface area contributed by atoms with Crippen molar-refractivity contribution in [1.29, 1.82) is 0 Å². The van der Waals surface area contributed by atoms with E-state index in [1.54, 1.807) is 19.1 Å². The zero-order chi connectivity index (χ0) is 18.1. The SMILES string of the molecule is CC1=C(C(=O)OC2CCCCC2)[C@@H](c2ccc(F)cc2)n2nnnc2N1. The maximum absolute atomic E-state index is 13.4. The highest BCUT2D eigenvalue weighted by molar-refractivity contribution is 5.92. The molecular formula is C18H20FN5O2. The van der Waals surface area contributed by atoms with E-state index in [1.165, 1.54) is 23.2 Å². The van der Waals surface area contributed by atoms with Crippen LogP contribution in [0.25, 0.3) is 0 Å². The molecule has 4 rings (SSSR count). The minimum absolute atomic E-state index is 0.0549. The molecule has 1 fully saturated rings. The Hall–Kier alpha value is -2.77. The van der Waals surface area contributed by atoms with Gasteiger partial charge in [0.2, 0.25) is 5.95 Å². The van der Waals surface area contributed by atoms with Crippen LogP contribution in [-0.2, 0) is 9.53 Å². The lowest BCUT2D eigenvalue weighted by Crippen LogP contribution is -2.32. The Balaban J connectivity index is 1.69. The van der Waals surface area contributed by atoms with Gasteiger partial charge in [0.15, 0.2) is 0 Å². The summed E-state index contributed by atoms with van der Waals surface area (Å²) in [7, 11) is 0. The fourth-order valence-corrected chi connectivity index (χ4v) is 3.63. The third-order valence-electron chi connectivity index (χ3n) is 4.95. The molecule has 1 N–H and O–H groups in total. The number of carbonyl (C=O) groups excluding carboxylic acids is 1. The highest BCUT2D eigenvalue weighted by atomic mass is 19.1. The molecule has 0 unspecified atom stereocenters. The molecule has 2 aromatic rings. The largest absolute Gasteiger partial charge is 0.459 e. The van der Waals surface area contributed by atoms with E-state index in [9.17, 15) is 9.18 Å². The summed E-state index contributed by atoms with van der Waals surface area (Å²) in [5.74, 6) is -0.282. The number of nitrogens with one attached hydrogen (secondary N) is 1. The van der Waals surface area contributed by atoms with E-state index < -0.39 is 6.04 Å². The number of anilines is 1. The number of ether oxygens (including phenoxy) is 1. The minimum Gasteiger partial charge on any atom is -0.459 e. The summed E-state index contributed by atoms with van der Waals surface area (Å²) in [6, 6.07) is 5.44. The van der Waals surface area contributed by atoms with Gasteiger partial charge in [-0.05, 0) is 60.7 Å². The lowest BCUT2D eigenvalue weighted by Gasteiger charge is -2.29. The summed E-state index contributed by atoms with van der Waals surface area (Å²) in [4.78, 5) is 13.0. The van der Waals surface area contributed by atoms with Crippen LogP contribution in [0.15, 0.2) is 35.5 Å². The molecule has 1 atom stereocenters. The van der Waals surface area contributed by atoms with Crippen LogP contribution in [0, 0.1) is 5.82 Å². The number of halogens is 1. The van der Waals surface area contributed by atoms with Crippen LogP contribution >= 0.6 is 0 Å². The molecular weight excluding hydrogens is 337 g/mol. The van der Waals surface area contributed by atoms with E-state index in [2.05, 4.69) is 20.8 Å². The molecule has 0 amide bonds. The van der Waals surface area contributed by atoms with Gasteiger partial charge < -0.3 is 10.1 Å². The Morgan fingerprint density at radius 1 is 1.23 bits per heavy atom. The van der Waals surface area contributed by atoms with Gasteiger partial charge in [0.25, 0.3) is 0 Å². The topological polar surface area (TPSA) is 81.9 Å². The molecule has 1 aliphatic heterocycles. The molecule has 1 aliphatic carbocycles. The van der Waals surface area contributed by atoms with E-state index in [4.69, 9.17) is 4.74 Å². The van der Waals surface area contributed by atoms with Gasteiger partial charge in [-0.15, -0.1) is 0 Å². The Morgan fingerprint density at radius 2 is 1.96 bits per heavy atom. The van der Waals surface area contributed by atoms with Crippen LogP contribution in [0.3, 0.4) is 0 Å². The summed E-state index contributed by atoms with van der Waals surface area (Å²) >= 11 is 0. The Kier molecular flexibility index (Phi) is 4.40. The lowest BCUT2D eigenvalue weighted by atomic mass is 9.95. The fraction of sp³-hybridized carbons (Fsp3) is 0.444. The van der Waals surface area contributed by atoms with Crippen LogP contribution in [0.2, 0.25) is 0 Å². The van der Waals surface area contributed by atoms with Crippen LogP contribution in [0.5, 0.6) is 0 Å². The van der Waals surface area contributed by atoms with Crippen molar-refractivity contribution < 1.29 is 13.9 Å². The molecule has 0 saturated heterocycles. The molecule has 26 heavy (non-hydrogen) atoms. The van der Waals surface area contributed by atoms with Crippen LogP contribution < -0.4 is 5.32 Å². The van der Waals surface area contributed by atoms with Crippen molar-refractivity contribution in [3.8, 4) is 0 Å². The summed E-state index contributed by atoms with van der Waals surface area (Å²) in [5.41, 5.74) is 1.81. The van der Waals surface area contributed by atoms with E-state index in [0.29, 0.717) is 17.2 Å². The molecule has 0 spiro atoms. The Morgan fingerprint density at radius 3 is 2.69 bits per heavy atom. The molecule has 1 saturated carbocycles. The number of aromatic nitrogens is 4. The zero-order valence-electron chi connectivity index (χ0n) is 14.5. The maximum Gasteiger partial charge on any atom is 0.338 e. The van der Waals surface area contributed by atoms with Crippen LogP contribution in [-0.4, -0.2) is 32.3 Å². The zero-order valence-corrected chi connectivity index (χ0v) is 14.5. The minimum atomic E-state index is -0.557. The summed E-state index contributed by atoms with van der Waals surface area (Å²) < 4.78 is 20.7. The first kappa shape index (κ1) is 16.7. The molecule has 7 nitrogen and oxygen atoms in total. The number of rotatable bonds is 3. The van der Waals surface area contributed by atoms with Gasteiger partial charge in [0.05, 0.1) is 5.57 Å². The van der Waals surface area contributed by atoms with Crippen LogP contribution in [0.4, 0.5) is 10.3 Å². The smallest absolute Gasteiger partial charge is 0.338 e. The highest BCUT2D eigenvalue weighted by Crippen LogP contribution is 2.35. The number of esters is 1. The van der Waals surface area contributed by atoms with E-state index >= 15 is 0 Å². The number of tetrazole rings is 1. The average molecular weight is 357 g/mol.